The number of halogens is 1. The molecule has 1 aromatic carbocycles. The average molecular weight is 432 g/mol. The van der Waals surface area contributed by atoms with Gasteiger partial charge in [0.15, 0.2) is 6.54 Å². The van der Waals surface area contributed by atoms with Gasteiger partial charge in [0.2, 0.25) is 5.52 Å². The molecular weight excluding hydrogens is 406 g/mol. The van der Waals surface area contributed by atoms with Crippen molar-refractivity contribution < 1.29 is 31.1 Å². The van der Waals surface area contributed by atoms with Crippen LogP contribution in [-0.2, 0) is 16.1 Å². The number of fused-ring (bicyclic) bond motifs is 1. The maximum absolute atomic E-state index is 11.9. The number of aryl methyl sites for hydroxylation is 1. The minimum absolute atomic E-state index is 0. The summed E-state index contributed by atoms with van der Waals surface area (Å²) in [6.07, 6.45) is 5.55. The van der Waals surface area contributed by atoms with Crippen molar-refractivity contribution in [1.82, 2.24) is 0 Å². The number of hydrogen-bond donors (Lipinski definition) is 0. The van der Waals surface area contributed by atoms with E-state index in [1.807, 2.05) is 0 Å². The summed E-state index contributed by atoms with van der Waals surface area (Å²) < 4.78 is 10.1. The fourth-order valence-corrected chi connectivity index (χ4v) is 4.62. The zero-order valence-electron chi connectivity index (χ0n) is 14.4. The molecule has 0 bridgehead atoms. The standard InChI is InChI=1S/C18H26NO2S2.BrH/c1-3-5-9-13-21-17(20)14-22-18-19(12-6-4-2)15-10-7-8-11-16(15)23-18;/h7-8,10-11H,3-6,9,12-14H2,1-2H3;1H/q+1;/p-1. The normalized spacial score (nSPS) is 10.6. The van der Waals surface area contributed by atoms with Crippen molar-refractivity contribution in [2.45, 2.75) is 56.8 Å². The minimum Gasteiger partial charge on any atom is -1.00 e. The Hall–Kier alpha value is -0.590. The van der Waals surface area contributed by atoms with Gasteiger partial charge in [-0.2, -0.15) is 4.57 Å². The second-order valence-electron chi connectivity index (χ2n) is 5.56. The van der Waals surface area contributed by atoms with E-state index < -0.39 is 0 Å². The quantitative estimate of drug-likeness (QED) is 0.248. The summed E-state index contributed by atoms with van der Waals surface area (Å²) in [5.74, 6) is 0.288. The molecule has 134 valence electrons. The summed E-state index contributed by atoms with van der Waals surface area (Å²) in [6.45, 7) is 5.91. The molecule has 0 aliphatic rings. The number of benzene rings is 1. The van der Waals surface area contributed by atoms with Crippen LogP contribution in [0.2, 0.25) is 0 Å². The van der Waals surface area contributed by atoms with E-state index in [0.29, 0.717) is 12.4 Å². The van der Waals surface area contributed by atoms with E-state index in [1.54, 1.807) is 23.1 Å². The summed E-state index contributed by atoms with van der Waals surface area (Å²) in [6, 6.07) is 8.46. The van der Waals surface area contributed by atoms with Crippen LogP contribution in [0.1, 0.15) is 46.0 Å². The van der Waals surface area contributed by atoms with Gasteiger partial charge in [0.25, 0.3) is 4.34 Å². The van der Waals surface area contributed by atoms with Crippen molar-refractivity contribution in [2.75, 3.05) is 12.4 Å². The van der Waals surface area contributed by atoms with Gasteiger partial charge in [-0.05, 0) is 24.2 Å². The summed E-state index contributed by atoms with van der Waals surface area (Å²) in [5, 5.41) is 0. The number of carbonyl (C=O) groups is 1. The number of thioether (sulfide) groups is 1. The second-order valence-corrected chi connectivity index (χ2v) is 7.81. The zero-order chi connectivity index (χ0) is 16.5. The van der Waals surface area contributed by atoms with Gasteiger partial charge in [-0.15, -0.1) is 0 Å². The first-order chi connectivity index (χ1) is 11.3. The molecule has 2 rings (SSSR count). The van der Waals surface area contributed by atoms with E-state index in [2.05, 4.69) is 42.7 Å². The number of aromatic nitrogens is 1. The first kappa shape index (κ1) is 21.5. The van der Waals surface area contributed by atoms with Crippen molar-refractivity contribution in [1.29, 1.82) is 0 Å². The lowest BCUT2D eigenvalue weighted by Crippen LogP contribution is -3.00. The zero-order valence-corrected chi connectivity index (χ0v) is 17.6. The topological polar surface area (TPSA) is 30.2 Å². The van der Waals surface area contributed by atoms with Gasteiger partial charge in [-0.3, -0.25) is 4.79 Å². The molecule has 0 N–H and O–H groups in total. The molecule has 0 radical (unpaired) electrons. The van der Waals surface area contributed by atoms with E-state index in [-0.39, 0.29) is 23.0 Å². The van der Waals surface area contributed by atoms with Gasteiger partial charge in [0.05, 0.1) is 6.61 Å². The van der Waals surface area contributed by atoms with Crippen molar-refractivity contribution in [3.63, 3.8) is 0 Å². The van der Waals surface area contributed by atoms with Crippen molar-refractivity contribution in [2.24, 2.45) is 0 Å². The third kappa shape index (κ3) is 6.37. The van der Waals surface area contributed by atoms with E-state index in [9.17, 15) is 4.79 Å². The molecule has 3 nitrogen and oxygen atoms in total. The highest BCUT2D eigenvalue weighted by Gasteiger charge is 2.21. The summed E-state index contributed by atoms with van der Waals surface area (Å²) in [7, 11) is 0. The number of ether oxygens (including phenoxy) is 1. The van der Waals surface area contributed by atoms with Crippen LogP contribution in [0.3, 0.4) is 0 Å². The molecule has 2 aromatic rings. The van der Waals surface area contributed by atoms with E-state index in [1.165, 1.54) is 21.0 Å². The first-order valence-electron chi connectivity index (χ1n) is 8.46. The molecule has 1 aromatic heterocycles. The summed E-state index contributed by atoms with van der Waals surface area (Å²) in [4.78, 5) is 11.9. The number of rotatable bonds is 10. The van der Waals surface area contributed by atoms with E-state index in [4.69, 9.17) is 4.74 Å². The Balaban J connectivity index is 0.00000288. The fraction of sp³-hybridized carbons (Fsp3) is 0.556. The lowest BCUT2D eigenvalue weighted by Gasteiger charge is -2.03. The molecule has 0 unspecified atom stereocenters. The van der Waals surface area contributed by atoms with Crippen LogP contribution in [-0.4, -0.2) is 18.3 Å². The van der Waals surface area contributed by atoms with Crippen LogP contribution < -0.4 is 21.5 Å². The van der Waals surface area contributed by atoms with Gasteiger partial charge in [0.1, 0.15) is 10.5 Å². The highest BCUT2D eigenvalue weighted by molar-refractivity contribution is 8.01. The van der Waals surface area contributed by atoms with Crippen molar-refractivity contribution >= 4 is 39.3 Å². The molecule has 0 aliphatic carbocycles. The fourth-order valence-electron chi connectivity index (χ4n) is 2.35. The lowest BCUT2D eigenvalue weighted by molar-refractivity contribution is -0.702. The van der Waals surface area contributed by atoms with Crippen molar-refractivity contribution in [3.05, 3.63) is 24.3 Å². The molecule has 24 heavy (non-hydrogen) atoms. The highest BCUT2D eigenvalue weighted by Crippen LogP contribution is 2.28. The molecule has 0 saturated heterocycles. The average Bonchev–Trinajstić information content (AvgIpc) is 2.92. The third-order valence-electron chi connectivity index (χ3n) is 3.63. The van der Waals surface area contributed by atoms with Crippen LogP contribution in [0.5, 0.6) is 0 Å². The molecule has 6 heteroatoms. The minimum atomic E-state index is -0.106. The number of para-hydroxylation sites is 1. The van der Waals surface area contributed by atoms with Gasteiger partial charge < -0.3 is 21.7 Å². The molecule has 0 spiro atoms. The molecule has 0 amide bonds. The lowest BCUT2D eigenvalue weighted by atomic mass is 10.3. The SMILES string of the molecule is CCCCCOC(=O)CSc1sc2ccccc2[n+]1CCCC.[Br-]. The number of unbranched alkanes of at least 4 members (excludes halogenated alkanes) is 3. The Labute approximate surface area is 163 Å². The summed E-state index contributed by atoms with van der Waals surface area (Å²) >= 11 is 3.37. The first-order valence-corrected chi connectivity index (χ1v) is 10.3. The van der Waals surface area contributed by atoms with Gasteiger partial charge in [-0.25, -0.2) is 0 Å². The maximum atomic E-state index is 11.9. The smallest absolute Gasteiger partial charge is 0.316 e. The number of carbonyl (C=O) groups excluding carboxylic acids is 1. The number of nitrogens with zero attached hydrogens (tertiary/aromatic N) is 1. The molecule has 0 aliphatic heterocycles. The number of esters is 1. The summed E-state index contributed by atoms with van der Waals surface area (Å²) in [5.41, 5.74) is 1.27. The van der Waals surface area contributed by atoms with Crippen LogP contribution in [0.25, 0.3) is 10.2 Å². The van der Waals surface area contributed by atoms with E-state index >= 15 is 0 Å². The maximum Gasteiger partial charge on any atom is 0.316 e. The Kier molecular flexibility index (Phi) is 10.6. The molecule has 0 atom stereocenters. The predicted molar refractivity (Wildman–Crippen MR) is 98.1 cm³/mol. The number of hydrogen-bond acceptors (Lipinski definition) is 4. The van der Waals surface area contributed by atoms with Crippen molar-refractivity contribution in [3.8, 4) is 0 Å². The molecule has 1 heterocycles. The monoisotopic (exact) mass is 431 g/mol. The molecule has 0 fully saturated rings. The Morgan fingerprint density at radius 2 is 1.92 bits per heavy atom. The molecule has 0 saturated carbocycles. The number of thiazole rings is 1. The van der Waals surface area contributed by atoms with Crippen LogP contribution >= 0.6 is 23.1 Å². The Morgan fingerprint density at radius 3 is 2.67 bits per heavy atom. The van der Waals surface area contributed by atoms with Crippen LogP contribution in [0.4, 0.5) is 0 Å². The molecular formula is C18H26BrNO2S2. The largest absolute Gasteiger partial charge is 1.00 e. The predicted octanol–water partition coefficient (Wildman–Crippen LogP) is 1.82. The van der Waals surface area contributed by atoms with Gasteiger partial charge in [-0.1, -0.05) is 56.6 Å². The van der Waals surface area contributed by atoms with Gasteiger partial charge >= 0.3 is 5.97 Å². The van der Waals surface area contributed by atoms with Crippen LogP contribution in [0, 0.1) is 0 Å². The Morgan fingerprint density at radius 1 is 1.17 bits per heavy atom. The third-order valence-corrected chi connectivity index (χ3v) is 6.04. The van der Waals surface area contributed by atoms with E-state index in [0.717, 1.165) is 32.2 Å². The Bertz CT molecular complexity index is 631. The van der Waals surface area contributed by atoms with Gasteiger partial charge in [0, 0.05) is 12.5 Å². The highest BCUT2D eigenvalue weighted by atomic mass is 79.9. The van der Waals surface area contributed by atoms with Crippen LogP contribution in [0.15, 0.2) is 28.6 Å². The second kappa shape index (κ2) is 11.9.